The Balaban J connectivity index is 2.19. The highest BCUT2D eigenvalue weighted by molar-refractivity contribution is 7.09. The minimum atomic E-state index is -0.376. The van der Waals surface area contributed by atoms with Gasteiger partial charge in [-0.3, -0.25) is 0 Å². The number of aromatic nitrogens is 3. The zero-order chi connectivity index (χ0) is 11.4. The molecule has 2 rings (SSSR count). The topological polar surface area (TPSA) is 77.0 Å². The van der Waals surface area contributed by atoms with Gasteiger partial charge in [0.2, 0.25) is 5.13 Å². The zero-order valence-corrected chi connectivity index (χ0v) is 9.19. The van der Waals surface area contributed by atoms with Crippen molar-refractivity contribution >= 4 is 28.3 Å². The van der Waals surface area contributed by atoms with Crippen LogP contribution in [0.15, 0.2) is 24.3 Å². The van der Waals surface area contributed by atoms with Crippen LogP contribution in [0.5, 0.6) is 0 Å². The smallest absolute Gasteiger partial charge is 0.337 e. The van der Waals surface area contributed by atoms with Crippen LogP contribution in [0.25, 0.3) is 0 Å². The number of ether oxygens (including phenoxy) is 1. The highest BCUT2D eigenvalue weighted by atomic mass is 32.1. The van der Waals surface area contributed by atoms with Gasteiger partial charge in [-0.2, -0.15) is 0 Å². The molecule has 2 aromatic rings. The van der Waals surface area contributed by atoms with Crippen LogP contribution in [0.1, 0.15) is 10.4 Å². The molecule has 0 aliphatic rings. The highest BCUT2D eigenvalue weighted by Gasteiger charge is 2.06. The summed E-state index contributed by atoms with van der Waals surface area (Å²) in [6, 6.07) is 6.92. The Kier molecular flexibility index (Phi) is 3.06. The van der Waals surface area contributed by atoms with Gasteiger partial charge in [0.25, 0.3) is 0 Å². The minimum absolute atomic E-state index is 0.376. The van der Waals surface area contributed by atoms with Gasteiger partial charge in [0, 0.05) is 17.2 Å². The van der Waals surface area contributed by atoms with Crippen LogP contribution in [-0.4, -0.2) is 27.9 Å². The van der Waals surface area contributed by atoms with E-state index < -0.39 is 0 Å². The zero-order valence-electron chi connectivity index (χ0n) is 8.38. The van der Waals surface area contributed by atoms with E-state index in [4.69, 9.17) is 0 Å². The Morgan fingerprint density at radius 3 is 3.06 bits per heavy atom. The van der Waals surface area contributed by atoms with Gasteiger partial charge in [0.05, 0.1) is 12.7 Å². The van der Waals surface area contributed by atoms with Gasteiger partial charge < -0.3 is 10.1 Å². The van der Waals surface area contributed by atoms with Crippen molar-refractivity contribution in [1.82, 2.24) is 14.8 Å². The normalized spacial score (nSPS) is 9.81. The number of anilines is 2. The molecule has 0 aliphatic carbocycles. The average Bonchev–Trinajstić information content (AvgIpc) is 2.81. The quantitative estimate of drug-likeness (QED) is 0.813. The van der Waals surface area contributed by atoms with Crippen molar-refractivity contribution in [2.24, 2.45) is 0 Å². The van der Waals surface area contributed by atoms with E-state index >= 15 is 0 Å². The van der Waals surface area contributed by atoms with Crippen LogP contribution < -0.4 is 5.32 Å². The summed E-state index contributed by atoms with van der Waals surface area (Å²) >= 11 is 1.14. The van der Waals surface area contributed by atoms with Crippen molar-refractivity contribution in [1.29, 1.82) is 0 Å². The standard InChI is InChI=1S/C9H8N4O2S/c1-15-8(14)6-3-2-4-7(5-6)10-9-11-12-13-16-9/h2-5H,1H3,(H,10,11,13). The molecule has 1 N–H and O–H groups in total. The molecule has 1 heterocycles. The number of rotatable bonds is 3. The summed E-state index contributed by atoms with van der Waals surface area (Å²) in [7, 11) is 1.34. The van der Waals surface area contributed by atoms with E-state index in [9.17, 15) is 4.79 Å². The lowest BCUT2D eigenvalue weighted by Crippen LogP contribution is -2.01. The second-order valence-electron chi connectivity index (χ2n) is 2.86. The van der Waals surface area contributed by atoms with Crippen LogP contribution in [0.3, 0.4) is 0 Å². The molecule has 7 heteroatoms. The molecule has 0 amide bonds. The van der Waals surface area contributed by atoms with E-state index in [1.54, 1.807) is 18.2 Å². The van der Waals surface area contributed by atoms with E-state index in [1.165, 1.54) is 7.11 Å². The number of carbonyl (C=O) groups is 1. The number of hydrogen-bond acceptors (Lipinski definition) is 7. The van der Waals surface area contributed by atoms with Crippen LogP contribution in [0.2, 0.25) is 0 Å². The molecule has 1 aromatic heterocycles. The Hall–Kier alpha value is -2.02. The van der Waals surface area contributed by atoms with E-state index in [2.05, 4.69) is 24.9 Å². The first kappa shape index (κ1) is 10.5. The number of nitrogens with one attached hydrogen (secondary N) is 1. The van der Waals surface area contributed by atoms with Crippen molar-refractivity contribution in [2.45, 2.75) is 0 Å². The average molecular weight is 236 g/mol. The summed E-state index contributed by atoms with van der Waals surface area (Å²) < 4.78 is 8.24. The van der Waals surface area contributed by atoms with Crippen molar-refractivity contribution < 1.29 is 9.53 Å². The predicted molar refractivity (Wildman–Crippen MR) is 58.8 cm³/mol. The lowest BCUT2D eigenvalue weighted by Gasteiger charge is -2.03. The van der Waals surface area contributed by atoms with E-state index in [-0.39, 0.29) is 5.97 Å². The summed E-state index contributed by atoms with van der Waals surface area (Å²) in [6.07, 6.45) is 0. The highest BCUT2D eigenvalue weighted by Crippen LogP contribution is 2.17. The number of benzene rings is 1. The van der Waals surface area contributed by atoms with Crippen molar-refractivity contribution in [3.63, 3.8) is 0 Å². The molecule has 6 nitrogen and oxygen atoms in total. The van der Waals surface area contributed by atoms with Gasteiger partial charge in [-0.1, -0.05) is 15.7 Å². The summed E-state index contributed by atoms with van der Waals surface area (Å²) in [6.45, 7) is 0. The molecule has 0 aliphatic heterocycles. The second-order valence-corrected chi connectivity index (χ2v) is 3.60. The summed E-state index contributed by atoms with van der Waals surface area (Å²) in [5.41, 5.74) is 1.21. The van der Waals surface area contributed by atoms with Crippen molar-refractivity contribution in [3.05, 3.63) is 29.8 Å². The molecular weight excluding hydrogens is 228 g/mol. The third-order valence-corrected chi connectivity index (χ3v) is 2.35. The van der Waals surface area contributed by atoms with E-state index in [0.29, 0.717) is 10.7 Å². The first-order valence-electron chi connectivity index (χ1n) is 4.40. The number of carbonyl (C=O) groups excluding carboxylic acids is 1. The fourth-order valence-electron chi connectivity index (χ4n) is 1.15. The second kappa shape index (κ2) is 4.67. The van der Waals surface area contributed by atoms with E-state index in [1.807, 2.05) is 6.07 Å². The van der Waals surface area contributed by atoms with Crippen LogP contribution in [-0.2, 0) is 4.74 Å². The predicted octanol–water partition coefficient (Wildman–Crippen LogP) is 1.46. The monoisotopic (exact) mass is 236 g/mol. The maximum Gasteiger partial charge on any atom is 0.337 e. The molecule has 0 saturated heterocycles. The fourth-order valence-corrected chi connectivity index (χ4v) is 1.53. The minimum Gasteiger partial charge on any atom is -0.465 e. The van der Waals surface area contributed by atoms with Gasteiger partial charge >= 0.3 is 5.97 Å². The fraction of sp³-hybridized carbons (Fsp3) is 0.111. The molecule has 16 heavy (non-hydrogen) atoms. The van der Waals surface area contributed by atoms with E-state index in [0.717, 1.165) is 17.2 Å². The summed E-state index contributed by atoms with van der Waals surface area (Å²) in [5.74, 6) is -0.376. The molecule has 0 fully saturated rings. The number of methoxy groups -OCH3 is 1. The first-order valence-corrected chi connectivity index (χ1v) is 5.17. The van der Waals surface area contributed by atoms with Gasteiger partial charge in [-0.25, -0.2) is 4.79 Å². The molecule has 0 radical (unpaired) electrons. The number of esters is 1. The van der Waals surface area contributed by atoms with Gasteiger partial charge in [-0.15, -0.1) is 0 Å². The Morgan fingerprint density at radius 2 is 2.38 bits per heavy atom. The van der Waals surface area contributed by atoms with Gasteiger partial charge in [0.1, 0.15) is 0 Å². The Morgan fingerprint density at radius 1 is 1.50 bits per heavy atom. The van der Waals surface area contributed by atoms with Gasteiger partial charge in [0.15, 0.2) is 0 Å². The molecule has 0 spiro atoms. The molecule has 82 valence electrons. The summed E-state index contributed by atoms with van der Waals surface area (Å²) in [4.78, 5) is 11.3. The van der Waals surface area contributed by atoms with Crippen molar-refractivity contribution in [2.75, 3.05) is 12.4 Å². The SMILES string of the molecule is COC(=O)c1cccc(Nc2nnns2)c1. The first-order chi connectivity index (χ1) is 7.79. The lowest BCUT2D eigenvalue weighted by atomic mass is 10.2. The number of nitrogens with zero attached hydrogens (tertiary/aromatic N) is 3. The molecule has 0 saturated carbocycles. The maximum absolute atomic E-state index is 11.3. The van der Waals surface area contributed by atoms with Crippen molar-refractivity contribution in [3.8, 4) is 0 Å². The van der Waals surface area contributed by atoms with Gasteiger partial charge in [-0.05, 0) is 23.4 Å². The maximum atomic E-state index is 11.3. The lowest BCUT2D eigenvalue weighted by molar-refractivity contribution is 0.0601. The molecule has 0 bridgehead atoms. The van der Waals surface area contributed by atoms with Crippen LogP contribution in [0.4, 0.5) is 10.8 Å². The Bertz CT molecular complexity index is 486. The third kappa shape index (κ3) is 2.31. The van der Waals surface area contributed by atoms with Crippen LogP contribution >= 0.6 is 11.5 Å². The largest absolute Gasteiger partial charge is 0.465 e. The van der Waals surface area contributed by atoms with Crippen LogP contribution in [0, 0.1) is 0 Å². The molecule has 0 atom stereocenters. The molecular formula is C9H8N4O2S. The molecule has 0 unspecified atom stereocenters. The summed E-state index contributed by atoms with van der Waals surface area (Å²) in [5, 5.41) is 10.7. The Labute approximate surface area is 95.4 Å². The molecule has 1 aromatic carbocycles. The number of hydrogen-bond donors (Lipinski definition) is 1. The third-order valence-electron chi connectivity index (χ3n) is 1.83.